The first kappa shape index (κ1) is 18.5. The number of aromatic nitrogens is 4. The van der Waals surface area contributed by atoms with E-state index in [9.17, 15) is 18.0 Å². The Morgan fingerprint density at radius 3 is 2.63 bits per heavy atom. The van der Waals surface area contributed by atoms with Crippen LogP contribution in [-0.4, -0.2) is 26.2 Å². The zero-order valence-electron chi connectivity index (χ0n) is 13.3. The second kappa shape index (κ2) is 7.50. The summed E-state index contributed by atoms with van der Waals surface area (Å²) >= 11 is 5.54. The molecule has 3 aromatic rings. The SMILES string of the molecule is O=C(NNc1cccc(-n2cnnn2)c1)Nc1ccc(Cl)c(C(F)(F)F)c1. The maximum atomic E-state index is 12.8. The zero-order valence-corrected chi connectivity index (χ0v) is 14.1. The first-order chi connectivity index (χ1) is 12.8. The van der Waals surface area contributed by atoms with Crippen LogP contribution in [0.25, 0.3) is 5.69 Å². The van der Waals surface area contributed by atoms with Crippen molar-refractivity contribution >= 4 is 29.0 Å². The molecule has 3 N–H and O–H groups in total. The van der Waals surface area contributed by atoms with Gasteiger partial charge >= 0.3 is 12.2 Å². The van der Waals surface area contributed by atoms with Gasteiger partial charge in [0.05, 0.1) is 22.0 Å². The Balaban J connectivity index is 1.63. The zero-order chi connectivity index (χ0) is 19.4. The van der Waals surface area contributed by atoms with E-state index in [1.165, 1.54) is 17.1 Å². The Labute approximate surface area is 155 Å². The molecule has 0 fully saturated rings. The highest BCUT2D eigenvalue weighted by atomic mass is 35.5. The fraction of sp³-hybridized carbons (Fsp3) is 0.0667. The third-order valence-corrected chi connectivity index (χ3v) is 3.64. The molecule has 1 aromatic heterocycles. The number of benzene rings is 2. The normalized spacial score (nSPS) is 11.1. The van der Waals surface area contributed by atoms with E-state index in [4.69, 9.17) is 11.6 Å². The number of hydrazine groups is 1. The molecule has 1 heterocycles. The van der Waals surface area contributed by atoms with Gasteiger partial charge in [0.2, 0.25) is 0 Å². The maximum absolute atomic E-state index is 12.8. The molecule has 2 amide bonds. The summed E-state index contributed by atoms with van der Waals surface area (Å²) in [5, 5.41) is 12.6. The molecular weight excluding hydrogens is 387 g/mol. The maximum Gasteiger partial charge on any atom is 0.417 e. The Morgan fingerprint density at radius 1 is 1.11 bits per heavy atom. The van der Waals surface area contributed by atoms with Crippen LogP contribution in [0.15, 0.2) is 48.8 Å². The van der Waals surface area contributed by atoms with Crippen LogP contribution in [-0.2, 0) is 6.18 Å². The molecule has 3 rings (SSSR count). The second-order valence-electron chi connectivity index (χ2n) is 5.20. The molecule has 0 atom stereocenters. The van der Waals surface area contributed by atoms with Crippen LogP contribution in [0.5, 0.6) is 0 Å². The van der Waals surface area contributed by atoms with E-state index in [2.05, 4.69) is 31.7 Å². The molecule has 140 valence electrons. The highest BCUT2D eigenvalue weighted by Crippen LogP contribution is 2.36. The fourth-order valence-corrected chi connectivity index (χ4v) is 2.34. The molecule has 0 bridgehead atoms. The van der Waals surface area contributed by atoms with Crippen molar-refractivity contribution < 1.29 is 18.0 Å². The quantitative estimate of drug-likeness (QED) is 0.586. The van der Waals surface area contributed by atoms with Crippen molar-refractivity contribution in [3.05, 3.63) is 59.4 Å². The van der Waals surface area contributed by atoms with Gasteiger partial charge in [-0.3, -0.25) is 10.9 Å². The van der Waals surface area contributed by atoms with Crippen LogP contribution in [0.4, 0.5) is 29.3 Å². The van der Waals surface area contributed by atoms with Crippen LogP contribution in [0.1, 0.15) is 5.56 Å². The highest BCUT2D eigenvalue weighted by molar-refractivity contribution is 6.31. The third-order valence-electron chi connectivity index (χ3n) is 3.31. The molecule has 8 nitrogen and oxygen atoms in total. The monoisotopic (exact) mass is 397 g/mol. The molecule has 27 heavy (non-hydrogen) atoms. The van der Waals surface area contributed by atoms with Crippen LogP contribution in [0.3, 0.4) is 0 Å². The van der Waals surface area contributed by atoms with E-state index in [1.54, 1.807) is 24.3 Å². The number of amides is 2. The van der Waals surface area contributed by atoms with Gasteiger partial charge in [0.25, 0.3) is 0 Å². The van der Waals surface area contributed by atoms with Gasteiger partial charge in [-0.05, 0) is 46.8 Å². The molecule has 0 aliphatic carbocycles. The summed E-state index contributed by atoms with van der Waals surface area (Å²) in [6.45, 7) is 0. The average molecular weight is 398 g/mol. The van der Waals surface area contributed by atoms with Crippen molar-refractivity contribution in [3.63, 3.8) is 0 Å². The predicted molar refractivity (Wildman–Crippen MR) is 91.4 cm³/mol. The smallest absolute Gasteiger partial charge is 0.307 e. The van der Waals surface area contributed by atoms with E-state index in [-0.39, 0.29) is 5.69 Å². The lowest BCUT2D eigenvalue weighted by atomic mass is 10.2. The number of alkyl halides is 3. The van der Waals surface area contributed by atoms with E-state index in [0.717, 1.165) is 12.1 Å². The van der Waals surface area contributed by atoms with Gasteiger partial charge in [0.1, 0.15) is 6.33 Å². The minimum Gasteiger partial charge on any atom is -0.307 e. The summed E-state index contributed by atoms with van der Waals surface area (Å²) in [6, 6.07) is 9.07. The summed E-state index contributed by atoms with van der Waals surface area (Å²) < 4.78 is 40.0. The van der Waals surface area contributed by atoms with E-state index < -0.39 is 22.8 Å². The first-order valence-corrected chi connectivity index (χ1v) is 7.74. The Kier molecular flexibility index (Phi) is 5.12. The van der Waals surface area contributed by atoms with E-state index in [0.29, 0.717) is 11.4 Å². The number of halogens is 4. The number of rotatable bonds is 4. The van der Waals surface area contributed by atoms with Crippen LogP contribution in [0, 0.1) is 0 Å². The Morgan fingerprint density at radius 2 is 1.93 bits per heavy atom. The number of anilines is 2. The molecule has 0 aliphatic rings. The summed E-state index contributed by atoms with van der Waals surface area (Å²) in [5.41, 5.74) is 4.99. The van der Waals surface area contributed by atoms with Crippen molar-refractivity contribution in [2.45, 2.75) is 6.18 Å². The van der Waals surface area contributed by atoms with Gasteiger partial charge in [-0.1, -0.05) is 17.7 Å². The highest BCUT2D eigenvalue weighted by Gasteiger charge is 2.33. The van der Waals surface area contributed by atoms with Crippen molar-refractivity contribution in [3.8, 4) is 5.69 Å². The van der Waals surface area contributed by atoms with Crippen molar-refractivity contribution in [2.24, 2.45) is 0 Å². The number of hydrogen-bond acceptors (Lipinski definition) is 5. The lowest BCUT2D eigenvalue weighted by molar-refractivity contribution is -0.137. The van der Waals surface area contributed by atoms with Crippen molar-refractivity contribution in [1.82, 2.24) is 25.6 Å². The Hall–Kier alpha value is -3.34. The Bertz CT molecular complexity index is 947. The van der Waals surface area contributed by atoms with Gasteiger partial charge in [-0.25, -0.2) is 9.48 Å². The number of carbonyl (C=O) groups excluding carboxylic acids is 1. The largest absolute Gasteiger partial charge is 0.417 e. The van der Waals surface area contributed by atoms with Gasteiger partial charge in [-0.2, -0.15) is 13.2 Å². The molecule has 0 saturated carbocycles. The fourth-order valence-electron chi connectivity index (χ4n) is 2.12. The lowest BCUT2D eigenvalue weighted by Gasteiger charge is -2.13. The van der Waals surface area contributed by atoms with Crippen LogP contribution in [0.2, 0.25) is 5.02 Å². The lowest BCUT2D eigenvalue weighted by Crippen LogP contribution is -2.33. The second-order valence-corrected chi connectivity index (χ2v) is 5.61. The van der Waals surface area contributed by atoms with E-state index in [1.807, 2.05) is 0 Å². The third kappa shape index (κ3) is 4.64. The van der Waals surface area contributed by atoms with Crippen LogP contribution >= 0.6 is 11.6 Å². The average Bonchev–Trinajstić information content (AvgIpc) is 3.16. The van der Waals surface area contributed by atoms with Gasteiger partial charge in [-0.15, -0.1) is 5.10 Å². The first-order valence-electron chi connectivity index (χ1n) is 7.36. The summed E-state index contributed by atoms with van der Waals surface area (Å²) in [4.78, 5) is 11.9. The number of hydrogen-bond donors (Lipinski definition) is 3. The molecule has 0 unspecified atom stereocenters. The minimum absolute atomic E-state index is 0.0616. The standard InChI is InChI=1S/C15H11ClF3N7O/c16-13-5-4-9(7-12(13)15(17,18)19)21-14(27)23-22-10-2-1-3-11(6-10)26-8-20-24-25-26/h1-8,22H,(H2,21,23,27). The number of tetrazole rings is 1. The van der Waals surface area contributed by atoms with E-state index >= 15 is 0 Å². The minimum atomic E-state index is -4.62. The molecule has 12 heteroatoms. The molecule has 0 aliphatic heterocycles. The molecule has 0 spiro atoms. The molecule has 0 radical (unpaired) electrons. The van der Waals surface area contributed by atoms with Gasteiger partial charge in [0.15, 0.2) is 0 Å². The van der Waals surface area contributed by atoms with Crippen molar-refractivity contribution in [2.75, 3.05) is 10.7 Å². The van der Waals surface area contributed by atoms with Gasteiger partial charge < -0.3 is 5.32 Å². The molecule has 2 aromatic carbocycles. The predicted octanol–water partition coefficient (Wildman–Crippen LogP) is 3.48. The van der Waals surface area contributed by atoms with Gasteiger partial charge in [0, 0.05) is 5.69 Å². The summed E-state index contributed by atoms with van der Waals surface area (Å²) in [6.07, 6.45) is -3.22. The number of urea groups is 1. The molecule has 0 saturated heterocycles. The summed E-state index contributed by atoms with van der Waals surface area (Å²) in [5.74, 6) is 0. The topological polar surface area (TPSA) is 96.8 Å². The van der Waals surface area contributed by atoms with Crippen LogP contribution < -0.4 is 16.2 Å². The number of nitrogens with one attached hydrogen (secondary N) is 3. The number of nitrogens with zero attached hydrogens (tertiary/aromatic N) is 4. The molecular formula is C15H11ClF3N7O. The summed E-state index contributed by atoms with van der Waals surface area (Å²) in [7, 11) is 0. The number of carbonyl (C=O) groups is 1. The van der Waals surface area contributed by atoms with Crippen molar-refractivity contribution in [1.29, 1.82) is 0 Å².